The van der Waals surface area contributed by atoms with E-state index in [9.17, 15) is 0 Å². The van der Waals surface area contributed by atoms with Crippen molar-refractivity contribution in [3.63, 3.8) is 0 Å². The first-order valence-corrected chi connectivity index (χ1v) is 6.48. The van der Waals surface area contributed by atoms with Crippen LogP contribution < -0.4 is 10.5 Å². The number of nitrogens with zero attached hydrogens (tertiary/aromatic N) is 1. The van der Waals surface area contributed by atoms with Gasteiger partial charge in [0.25, 0.3) is 0 Å². The van der Waals surface area contributed by atoms with Gasteiger partial charge in [-0.1, -0.05) is 30.3 Å². The molecule has 0 radical (unpaired) electrons. The number of ether oxygens (including phenoxy) is 2. The van der Waals surface area contributed by atoms with Crippen LogP contribution in [0.4, 0.5) is 5.82 Å². The molecular weight excluding hydrogens is 242 g/mol. The Hall–Kier alpha value is -2.01. The average molecular weight is 259 g/mol. The third-order valence-electron chi connectivity index (χ3n) is 3.27. The highest BCUT2D eigenvalue weighted by atomic mass is 16.5. The van der Waals surface area contributed by atoms with Crippen LogP contribution in [0.15, 0.2) is 30.3 Å². The van der Waals surface area contributed by atoms with Crippen molar-refractivity contribution in [1.29, 1.82) is 0 Å². The molecule has 0 saturated carbocycles. The predicted molar refractivity (Wildman–Crippen MR) is 72.9 cm³/mol. The van der Waals surface area contributed by atoms with Crippen molar-refractivity contribution >= 4 is 5.82 Å². The molecule has 1 fully saturated rings. The van der Waals surface area contributed by atoms with Gasteiger partial charge in [-0.15, -0.1) is 5.10 Å². The Morgan fingerprint density at radius 1 is 1.21 bits per heavy atom. The molecule has 1 aliphatic rings. The van der Waals surface area contributed by atoms with Crippen LogP contribution in [0.1, 0.15) is 12.8 Å². The zero-order valence-electron chi connectivity index (χ0n) is 10.6. The first-order chi connectivity index (χ1) is 9.34. The van der Waals surface area contributed by atoms with Crippen LogP contribution in [0.5, 0.6) is 5.88 Å². The van der Waals surface area contributed by atoms with E-state index < -0.39 is 0 Å². The molecule has 0 aliphatic carbocycles. The van der Waals surface area contributed by atoms with Crippen LogP contribution in [0.25, 0.3) is 11.1 Å². The molecule has 1 aromatic carbocycles. The van der Waals surface area contributed by atoms with Crippen LogP contribution in [0.3, 0.4) is 0 Å². The maximum atomic E-state index is 5.96. The number of hydrogen-bond acceptors (Lipinski definition) is 4. The molecule has 1 aliphatic heterocycles. The van der Waals surface area contributed by atoms with Crippen molar-refractivity contribution in [3.8, 4) is 17.0 Å². The van der Waals surface area contributed by atoms with E-state index in [0.29, 0.717) is 11.7 Å². The number of nitrogens with one attached hydrogen (secondary N) is 1. The number of nitrogens with two attached hydrogens (primary N) is 1. The minimum absolute atomic E-state index is 0.152. The van der Waals surface area contributed by atoms with E-state index in [0.717, 1.165) is 37.2 Å². The molecule has 5 nitrogen and oxygen atoms in total. The number of aromatic amines is 1. The molecule has 1 aromatic heterocycles. The fraction of sp³-hybridized carbons (Fsp3) is 0.357. The number of H-pyrrole nitrogens is 1. The first-order valence-electron chi connectivity index (χ1n) is 6.48. The van der Waals surface area contributed by atoms with E-state index in [2.05, 4.69) is 10.2 Å². The molecule has 0 amide bonds. The van der Waals surface area contributed by atoms with Gasteiger partial charge in [-0.3, -0.25) is 5.10 Å². The van der Waals surface area contributed by atoms with Gasteiger partial charge < -0.3 is 15.2 Å². The van der Waals surface area contributed by atoms with E-state index in [1.807, 2.05) is 30.3 Å². The molecule has 0 atom stereocenters. The lowest BCUT2D eigenvalue weighted by Crippen LogP contribution is -2.26. The molecule has 3 rings (SSSR count). The molecule has 0 spiro atoms. The normalized spacial score (nSPS) is 16.4. The quantitative estimate of drug-likeness (QED) is 0.886. The molecule has 100 valence electrons. The molecule has 2 heterocycles. The lowest BCUT2D eigenvalue weighted by molar-refractivity contribution is 0.0239. The summed E-state index contributed by atoms with van der Waals surface area (Å²) in [6.45, 7) is 1.48. The molecular formula is C14H17N3O2. The Balaban J connectivity index is 1.86. The number of hydrogen-bond donors (Lipinski definition) is 2. The number of aromatic nitrogens is 2. The van der Waals surface area contributed by atoms with Crippen LogP contribution in [0, 0.1) is 0 Å². The fourth-order valence-corrected chi connectivity index (χ4v) is 2.26. The summed E-state index contributed by atoms with van der Waals surface area (Å²) in [7, 11) is 0. The van der Waals surface area contributed by atoms with Gasteiger partial charge in [0, 0.05) is 12.8 Å². The average Bonchev–Trinajstić information content (AvgIpc) is 2.82. The van der Waals surface area contributed by atoms with Gasteiger partial charge in [0.1, 0.15) is 11.9 Å². The smallest absolute Gasteiger partial charge is 0.243 e. The van der Waals surface area contributed by atoms with Crippen molar-refractivity contribution < 1.29 is 9.47 Å². The Kier molecular flexibility index (Phi) is 3.37. The largest absolute Gasteiger partial charge is 0.473 e. The molecule has 19 heavy (non-hydrogen) atoms. The summed E-state index contributed by atoms with van der Waals surface area (Å²) in [6.07, 6.45) is 1.93. The topological polar surface area (TPSA) is 73.2 Å². The second-order valence-corrected chi connectivity index (χ2v) is 4.61. The third-order valence-corrected chi connectivity index (χ3v) is 3.27. The van der Waals surface area contributed by atoms with Crippen molar-refractivity contribution in [3.05, 3.63) is 30.3 Å². The Labute approximate surface area is 111 Å². The highest BCUT2D eigenvalue weighted by Gasteiger charge is 2.20. The zero-order chi connectivity index (χ0) is 13.1. The number of rotatable bonds is 3. The van der Waals surface area contributed by atoms with Gasteiger partial charge in [-0.25, -0.2) is 0 Å². The summed E-state index contributed by atoms with van der Waals surface area (Å²) in [5, 5.41) is 6.97. The van der Waals surface area contributed by atoms with E-state index in [1.54, 1.807) is 0 Å². The Morgan fingerprint density at radius 3 is 2.68 bits per heavy atom. The van der Waals surface area contributed by atoms with Gasteiger partial charge in [-0.05, 0) is 5.56 Å². The van der Waals surface area contributed by atoms with Crippen LogP contribution in [-0.2, 0) is 4.74 Å². The zero-order valence-corrected chi connectivity index (χ0v) is 10.6. The molecule has 2 aromatic rings. The highest BCUT2D eigenvalue weighted by Crippen LogP contribution is 2.34. The van der Waals surface area contributed by atoms with E-state index in [1.165, 1.54) is 0 Å². The summed E-state index contributed by atoms with van der Waals surface area (Å²) in [5.74, 6) is 1.11. The maximum absolute atomic E-state index is 5.96. The summed E-state index contributed by atoms with van der Waals surface area (Å²) in [5.41, 5.74) is 7.81. The fourth-order valence-electron chi connectivity index (χ4n) is 2.26. The van der Waals surface area contributed by atoms with Crippen molar-refractivity contribution in [2.75, 3.05) is 18.9 Å². The van der Waals surface area contributed by atoms with Crippen LogP contribution >= 0.6 is 0 Å². The second kappa shape index (κ2) is 5.32. The van der Waals surface area contributed by atoms with Gasteiger partial charge in [0.15, 0.2) is 0 Å². The van der Waals surface area contributed by atoms with E-state index in [4.69, 9.17) is 15.2 Å². The minimum atomic E-state index is 0.152. The lowest BCUT2D eigenvalue weighted by atomic mass is 10.1. The van der Waals surface area contributed by atoms with Gasteiger partial charge >= 0.3 is 0 Å². The minimum Gasteiger partial charge on any atom is -0.473 e. The number of benzene rings is 1. The first kappa shape index (κ1) is 12.0. The SMILES string of the molecule is Nc1[nH]nc(OC2CCOCC2)c1-c1ccccc1. The number of nitrogen functional groups attached to an aromatic ring is 1. The molecule has 3 N–H and O–H groups in total. The molecule has 0 unspecified atom stereocenters. The molecule has 1 saturated heterocycles. The van der Waals surface area contributed by atoms with Crippen LogP contribution in [0.2, 0.25) is 0 Å². The standard InChI is InChI=1S/C14H17N3O2/c15-13-12(10-4-2-1-3-5-10)14(17-16-13)19-11-6-8-18-9-7-11/h1-5,11H,6-9H2,(H3,15,16,17). The maximum Gasteiger partial charge on any atom is 0.243 e. The van der Waals surface area contributed by atoms with Crippen LogP contribution in [-0.4, -0.2) is 29.5 Å². The Bertz CT molecular complexity index is 533. The molecule has 5 heteroatoms. The van der Waals surface area contributed by atoms with Crippen molar-refractivity contribution in [2.24, 2.45) is 0 Å². The van der Waals surface area contributed by atoms with E-state index in [-0.39, 0.29) is 6.10 Å². The monoisotopic (exact) mass is 259 g/mol. The van der Waals surface area contributed by atoms with E-state index >= 15 is 0 Å². The van der Waals surface area contributed by atoms with Crippen molar-refractivity contribution in [1.82, 2.24) is 10.2 Å². The summed E-state index contributed by atoms with van der Waals surface area (Å²) < 4.78 is 11.3. The Morgan fingerprint density at radius 2 is 1.95 bits per heavy atom. The summed E-state index contributed by atoms with van der Waals surface area (Å²) in [4.78, 5) is 0. The van der Waals surface area contributed by atoms with Gasteiger partial charge in [0.05, 0.1) is 18.8 Å². The lowest BCUT2D eigenvalue weighted by Gasteiger charge is -2.22. The van der Waals surface area contributed by atoms with Gasteiger partial charge in [-0.2, -0.15) is 0 Å². The summed E-state index contributed by atoms with van der Waals surface area (Å²) in [6, 6.07) is 9.91. The molecule has 0 bridgehead atoms. The predicted octanol–water partition coefficient (Wildman–Crippen LogP) is 2.22. The number of anilines is 1. The summed E-state index contributed by atoms with van der Waals surface area (Å²) >= 11 is 0. The second-order valence-electron chi connectivity index (χ2n) is 4.61. The third kappa shape index (κ3) is 2.56. The van der Waals surface area contributed by atoms with Gasteiger partial charge in [0.2, 0.25) is 5.88 Å². The highest BCUT2D eigenvalue weighted by molar-refractivity contribution is 5.78. The van der Waals surface area contributed by atoms with Crippen molar-refractivity contribution in [2.45, 2.75) is 18.9 Å².